The zero-order valence-corrected chi connectivity index (χ0v) is 28.8. The second kappa shape index (κ2) is 13.5. The molecule has 12 nitrogen and oxygen atoms in total. The molecule has 1 aromatic rings. The third-order valence-electron chi connectivity index (χ3n) is 11.0. The van der Waals surface area contributed by atoms with Crippen LogP contribution in [0, 0.1) is 28.6 Å². The lowest BCUT2D eigenvalue weighted by atomic mass is 9.82. The third-order valence-corrected chi connectivity index (χ3v) is 11.0. The number of ether oxygens (including phenoxy) is 1. The highest BCUT2D eigenvalue weighted by molar-refractivity contribution is 6.37. The van der Waals surface area contributed by atoms with Crippen molar-refractivity contribution < 1.29 is 33.5 Å². The molecule has 1 unspecified atom stereocenters. The van der Waals surface area contributed by atoms with Crippen molar-refractivity contribution in [2.75, 3.05) is 13.2 Å². The highest BCUT2D eigenvalue weighted by atomic mass is 16.5. The molecule has 4 aliphatic rings. The molecule has 5 amide bonds. The van der Waals surface area contributed by atoms with Crippen LogP contribution in [0.3, 0.4) is 0 Å². The summed E-state index contributed by atoms with van der Waals surface area (Å²) < 4.78 is 5.69. The number of Topliss-reactive ketones (excluding diaryl/α,β-unsaturated/α-hetero) is 1. The van der Waals surface area contributed by atoms with Gasteiger partial charge in [0.25, 0.3) is 5.91 Å². The first kappa shape index (κ1) is 35.3. The van der Waals surface area contributed by atoms with Gasteiger partial charge in [-0.2, -0.15) is 0 Å². The number of rotatable bonds is 12. The van der Waals surface area contributed by atoms with Gasteiger partial charge in [-0.25, -0.2) is 9.59 Å². The summed E-state index contributed by atoms with van der Waals surface area (Å²) in [5, 5.41) is 8.76. The van der Waals surface area contributed by atoms with E-state index in [-0.39, 0.29) is 29.8 Å². The summed E-state index contributed by atoms with van der Waals surface area (Å²) >= 11 is 0. The Morgan fingerprint density at radius 1 is 0.979 bits per heavy atom. The lowest BCUT2D eigenvalue weighted by Crippen LogP contribution is -2.63. The van der Waals surface area contributed by atoms with Gasteiger partial charge in [0.05, 0.1) is 17.1 Å². The average molecular weight is 666 g/mol. The predicted molar refractivity (Wildman–Crippen MR) is 177 cm³/mol. The summed E-state index contributed by atoms with van der Waals surface area (Å²) in [4.78, 5) is 80.7. The Kier molecular flexibility index (Phi) is 9.95. The van der Waals surface area contributed by atoms with Gasteiger partial charge in [0, 0.05) is 6.54 Å². The minimum atomic E-state index is -1.10. The van der Waals surface area contributed by atoms with Crippen LogP contribution in [0.25, 0.3) is 0 Å². The number of nitrogens with one attached hydrogen (secondary N) is 3. The zero-order valence-electron chi connectivity index (χ0n) is 28.8. The number of carbonyl (C=O) groups excluding carboxylic acids is 6. The number of hydrogen-bond acceptors (Lipinski definition) is 7. The van der Waals surface area contributed by atoms with Crippen molar-refractivity contribution in [1.29, 1.82) is 0 Å². The van der Waals surface area contributed by atoms with Crippen LogP contribution < -0.4 is 21.7 Å². The van der Waals surface area contributed by atoms with Crippen LogP contribution in [-0.4, -0.2) is 77.2 Å². The van der Waals surface area contributed by atoms with Crippen molar-refractivity contribution in [3.8, 4) is 0 Å². The van der Waals surface area contributed by atoms with Gasteiger partial charge in [0.1, 0.15) is 18.7 Å². The van der Waals surface area contributed by atoms with Gasteiger partial charge in [-0.05, 0) is 60.0 Å². The SMILES string of the molecule is CC(C)(C)[C@H](NC(=O)NC1(COC(=O)c2ccccc2)CCCCC1)C(=O)N1C[C@H]2[C@@H]([C@H]1C(=O)NC(CC1CC1)C(=O)C(N)=O)C2(C)C. The van der Waals surface area contributed by atoms with Crippen LogP contribution in [0.5, 0.6) is 0 Å². The van der Waals surface area contributed by atoms with E-state index in [1.165, 1.54) is 4.90 Å². The topological polar surface area (TPSA) is 177 Å². The smallest absolute Gasteiger partial charge is 0.338 e. The maximum absolute atomic E-state index is 14.4. The first-order valence-electron chi connectivity index (χ1n) is 17.3. The summed E-state index contributed by atoms with van der Waals surface area (Å²) in [6.07, 6.45) is 6.13. The molecule has 0 aromatic heterocycles. The molecular weight excluding hydrogens is 614 g/mol. The van der Waals surface area contributed by atoms with Gasteiger partial charge in [-0.3, -0.25) is 19.2 Å². The largest absolute Gasteiger partial charge is 0.460 e. The standard InChI is InChI=1S/C36H51N5O7/c1-34(2,3)28(39-33(47)40-36(16-10-7-11-17-36)20-48-32(46)22-12-8-6-9-13-22)31(45)41-19-23-25(35(23,4)5)26(41)30(44)38-24(18-21-14-15-21)27(42)29(37)43/h6,8-9,12-13,21,23-26,28H,7,10-11,14-20H2,1-5H3,(H2,37,43)(H,38,44)(H2,39,40,47)/t23-,24?,25-,26-,28+/m0/s1. The number of benzene rings is 1. The molecule has 4 fully saturated rings. The lowest BCUT2D eigenvalue weighted by Gasteiger charge is -2.40. The van der Waals surface area contributed by atoms with Gasteiger partial charge in [-0.15, -0.1) is 0 Å². The Morgan fingerprint density at radius 3 is 2.21 bits per heavy atom. The Hall–Kier alpha value is -3.96. The molecule has 5 atom stereocenters. The molecule has 1 aliphatic heterocycles. The monoisotopic (exact) mass is 665 g/mol. The number of primary amides is 1. The fourth-order valence-electron chi connectivity index (χ4n) is 7.78. The van der Waals surface area contributed by atoms with E-state index < -0.39 is 64.6 Å². The minimum absolute atomic E-state index is 0.00113. The number of ketones is 1. The van der Waals surface area contributed by atoms with Crippen LogP contribution in [0.15, 0.2) is 30.3 Å². The molecule has 1 heterocycles. The van der Waals surface area contributed by atoms with E-state index in [0.29, 0.717) is 31.4 Å². The van der Waals surface area contributed by atoms with Crippen molar-refractivity contribution in [3.05, 3.63) is 35.9 Å². The summed E-state index contributed by atoms with van der Waals surface area (Å²) in [5.41, 5.74) is 4.03. The number of amides is 5. The van der Waals surface area contributed by atoms with Crippen LogP contribution in [0.4, 0.5) is 4.79 Å². The molecule has 12 heteroatoms. The van der Waals surface area contributed by atoms with E-state index in [4.69, 9.17) is 10.5 Å². The number of piperidine rings is 1. The number of hydrogen-bond donors (Lipinski definition) is 4. The van der Waals surface area contributed by atoms with Crippen molar-refractivity contribution in [1.82, 2.24) is 20.9 Å². The number of urea groups is 1. The summed E-state index contributed by atoms with van der Waals surface area (Å²) in [6, 6.07) is 5.24. The maximum atomic E-state index is 14.4. The van der Waals surface area contributed by atoms with Crippen LogP contribution in [0.2, 0.25) is 0 Å². The fourth-order valence-corrected chi connectivity index (χ4v) is 7.78. The summed E-state index contributed by atoms with van der Waals surface area (Å²) in [5.74, 6) is -3.10. The highest BCUT2D eigenvalue weighted by Crippen LogP contribution is 2.65. The number of fused-ring (bicyclic) bond motifs is 1. The second-order valence-corrected chi connectivity index (χ2v) is 16.0. The fraction of sp³-hybridized carbons (Fsp3) is 0.667. The van der Waals surface area contributed by atoms with Gasteiger partial charge in [0.2, 0.25) is 17.6 Å². The van der Waals surface area contributed by atoms with Crippen molar-refractivity contribution in [2.24, 2.45) is 34.3 Å². The maximum Gasteiger partial charge on any atom is 0.338 e. The Labute approximate surface area is 282 Å². The predicted octanol–water partition coefficient (Wildman–Crippen LogP) is 3.08. The highest BCUT2D eigenvalue weighted by Gasteiger charge is 2.70. The van der Waals surface area contributed by atoms with Crippen molar-refractivity contribution in [3.63, 3.8) is 0 Å². The molecule has 0 spiro atoms. The van der Waals surface area contributed by atoms with Gasteiger partial charge in [0.15, 0.2) is 0 Å². The summed E-state index contributed by atoms with van der Waals surface area (Å²) in [7, 11) is 0. The molecule has 0 radical (unpaired) electrons. The van der Waals surface area contributed by atoms with Crippen LogP contribution in [-0.2, 0) is 23.9 Å². The van der Waals surface area contributed by atoms with E-state index in [2.05, 4.69) is 29.8 Å². The van der Waals surface area contributed by atoms with E-state index in [0.717, 1.165) is 32.1 Å². The van der Waals surface area contributed by atoms with Gasteiger partial charge < -0.3 is 31.3 Å². The minimum Gasteiger partial charge on any atom is -0.460 e. The zero-order chi connectivity index (χ0) is 35.0. The lowest BCUT2D eigenvalue weighted by molar-refractivity contribution is -0.145. The summed E-state index contributed by atoms with van der Waals surface area (Å²) in [6.45, 7) is 9.99. The van der Waals surface area contributed by atoms with Crippen molar-refractivity contribution in [2.45, 2.75) is 110 Å². The molecule has 1 saturated heterocycles. The number of likely N-dealkylation sites (tertiary alicyclic amines) is 1. The molecule has 1 aromatic carbocycles. The molecular formula is C36H51N5O7. The quantitative estimate of drug-likeness (QED) is 0.196. The van der Waals surface area contributed by atoms with Crippen LogP contribution in [0.1, 0.15) is 96.3 Å². The van der Waals surface area contributed by atoms with Crippen molar-refractivity contribution >= 4 is 35.5 Å². The molecule has 0 bridgehead atoms. The molecule has 48 heavy (non-hydrogen) atoms. The van der Waals surface area contributed by atoms with Crippen LogP contribution >= 0.6 is 0 Å². The number of nitrogens with zero attached hydrogens (tertiary/aromatic N) is 1. The molecule has 3 aliphatic carbocycles. The first-order valence-corrected chi connectivity index (χ1v) is 17.3. The average Bonchev–Trinajstić information content (AvgIpc) is 3.89. The number of esters is 1. The van der Waals surface area contributed by atoms with E-state index in [9.17, 15) is 28.8 Å². The Bertz CT molecular complexity index is 1430. The number of nitrogens with two attached hydrogens (primary N) is 1. The second-order valence-electron chi connectivity index (χ2n) is 16.0. The Morgan fingerprint density at radius 2 is 1.62 bits per heavy atom. The molecule has 5 N–H and O–H groups in total. The van der Waals surface area contributed by atoms with Gasteiger partial charge in [-0.1, -0.05) is 84.9 Å². The number of carbonyl (C=O) groups is 6. The molecule has 3 saturated carbocycles. The van der Waals surface area contributed by atoms with Gasteiger partial charge >= 0.3 is 12.0 Å². The first-order chi connectivity index (χ1) is 22.5. The molecule has 262 valence electrons. The normalized spacial score (nSPS) is 25.1. The van der Waals surface area contributed by atoms with E-state index in [1.807, 2.05) is 26.8 Å². The molecule has 5 rings (SSSR count). The van der Waals surface area contributed by atoms with E-state index >= 15 is 0 Å². The Balaban J connectivity index is 1.30. The van der Waals surface area contributed by atoms with E-state index in [1.54, 1.807) is 24.3 Å². The third kappa shape index (κ3) is 7.68.